The standard InChI is InChI=1S/C15H17Cl2N5OS/c1-8(12-6-3-10(16)7-13(12)17)18-14(23)9(2)24-15-19-20-21-22(15)11-4-5-11/h3,6-9,11H,4-5H2,1-2H3,(H,18,23)/t8-,9+/m1/s1. The molecular formula is C15H17Cl2N5OS. The van der Waals surface area contributed by atoms with E-state index in [1.54, 1.807) is 16.8 Å². The lowest BCUT2D eigenvalue weighted by Gasteiger charge is -2.18. The second-order valence-electron chi connectivity index (χ2n) is 5.79. The predicted molar refractivity (Wildman–Crippen MR) is 94.4 cm³/mol. The van der Waals surface area contributed by atoms with Gasteiger partial charge in [-0.2, -0.15) is 0 Å². The van der Waals surface area contributed by atoms with E-state index >= 15 is 0 Å². The third-order valence-corrected chi connectivity index (χ3v) is 5.40. The van der Waals surface area contributed by atoms with Crippen molar-refractivity contribution < 1.29 is 4.79 Å². The molecular weight excluding hydrogens is 369 g/mol. The van der Waals surface area contributed by atoms with E-state index in [0.717, 1.165) is 18.4 Å². The molecule has 1 heterocycles. The lowest BCUT2D eigenvalue weighted by Crippen LogP contribution is -2.33. The van der Waals surface area contributed by atoms with Gasteiger partial charge in [0.25, 0.3) is 0 Å². The van der Waals surface area contributed by atoms with Crippen LogP contribution < -0.4 is 5.32 Å². The quantitative estimate of drug-likeness (QED) is 0.767. The summed E-state index contributed by atoms with van der Waals surface area (Å²) in [6, 6.07) is 5.41. The van der Waals surface area contributed by atoms with Crippen molar-refractivity contribution in [3.8, 4) is 0 Å². The third-order valence-electron chi connectivity index (χ3n) is 3.79. The first-order valence-electron chi connectivity index (χ1n) is 7.65. The minimum Gasteiger partial charge on any atom is -0.349 e. The zero-order chi connectivity index (χ0) is 17.3. The molecule has 0 aliphatic heterocycles. The van der Waals surface area contributed by atoms with Gasteiger partial charge in [-0.25, -0.2) is 4.68 Å². The van der Waals surface area contributed by atoms with Crippen LogP contribution in [0.3, 0.4) is 0 Å². The summed E-state index contributed by atoms with van der Waals surface area (Å²) in [5.41, 5.74) is 0.828. The third kappa shape index (κ3) is 4.02. The van der Waals surface area contributed by atoms with E-state index < -0.39 is 0 Å². The van der Waals surface area contributed by atoms with E-state index in [1.165, 1.54) is 11.8 Å². The second kappa shape index (κ2) is 7.29. The van der Waals surface area contributed by atoms with E-state index in [4.69, 9.17) is 23.2 Å². The Hall–Kier alpha value is -1.31. The first kappa shape index (κ1) is 17.5. The average molecular weight is 386 g/mol. The summed E-state index contributed by atoms with van der Waals surface area (Å²) in [4.78, 5) is 12.4. The Morgan fingerprint density at radius 2 is 2.12 bits per heavy atom. The van der Waals surface area contributed by atoms with Crippen molar-refractivity contribution in [2.24, 2.45) is 0 Å². The van der Waals surface area contributed by atoms with Gasteiger partial charge in [0.1, 0.15) is 0 Å². The molecule has 128 valence electrons. The zero-order valence-electron chi connectivity index (χ0n) is 13.2. The highest BCUT2D eigenvalue weighted by atomic mass is 35.5. The van der Waals surface area contributed by atoms with Crippen LogP contribution in [0.1, 0.15) is 44.3 Å². The number of aromatic nitrogens is 4. The van der Waals surface area contributed by atoms with Gasteiger partial charge in [0.15, 0.2) is 0 Å². The number of benzene rings is 1. The molecule has 1 aliphatic rings. The van der Waals surface area contributed by atoms with Crippen LogP contribution in [-0.2, 0) is 4.79 Å². The number of nitrogens with one attached hydrogen (secondary N) is 1. The molecule has 1 aromatic heterocycles. The van der Waals surface area contributed by atoms with Gasteiger partial charge in [-0.15, -0.1) is 5.10 Å². The number of tetrazole rings is 1. The number of halogens is 2. The van der Waals surface area contributed by atoms with Gasteiger partial charge < -0.3 is 5.32 Å². The Kier molecular flexibility index (Phi) is 5.32. The summed E-state index contributed by atoms with van der Waals surface area (Å²) in [5, 5.41) is 16.1. The summed E-state index contributed by atoms with van der Waals surface area (Å²) >= 11 is 13.5. The van der Waals surface area contributed by atoms with Crippen LogP contribution in [0, 0.1) is 0 Å². The fourth-order valence-corrected chi connectivity index (χ4v) is 3.72. The fourth-order valence-electron chi connectivity index (χ4n) is 2.28. The Morgan fingerprint density at radius 1 is 1.38 bits per heavy atom. The van der Waals surface area contributed by atoms with Gasteiger partial charge in [-0.1, -0.05) is 41.0 Å². The van der Waals surface area contributed by atoms with E-state index in [9.17, 15) is 4.79 Å². The molecule has 24 heavy (non-hydrogen) atoms. The average Bonchev–Trinajstić information content (AvgIpc) is 3.27. The minimum atomic E-state index is -0.318. The summed E-state index contributed by atoms with van der Waals surface area (Å²) in [6.45, 7) is 3.72. The number of thioether (sulfide) groups is 1. The Balaban J connectivity index is 1.62. The van der Waals surface area contributed by atoms with Crippen LogP contribution in [-0.4, -0.2) is 31.4 Å². The molecule has 6 nitrogen and oxygen atoms in total. The van der Waals surface area contributed by atoms with Gasteiger partial charge in [0.05, 0.1) is 17.3 Å². The number of rotatable bonds is 6. The Morgan fingerprint density at radius 3 is 2.79 bits per heavy atom. The van der Waals surface area contributed by atoms with Crippen LogP contribution in [0.4, 0.5) is 0 Å². The van der Waals surface area contributed by atoms with E-state index in [-0.39, 0.29) is 17.2 Å². The lowest BCUT2D eigenvalue weighted by atomic mass is 10.1. The maximum atomic E-state index is 12.4. The molecule has 0 radical (unpaired) electrons. The largest absolute Gasteiger partial charge is 0.349 e. The van der Waals surface area contributed by atoms with Gasteiger partial charge in [-0.05, 0) is 54.8 Å². The highest BCUT2D eigenvalue weighted by Gasteiger charge is 2.29. The molecule has 1 aromatic carbocycles. The highest BCUT2D eigenvalue weighted by molar-refractivity contribution is 8.00. The maximum absolute atomic E-state index is 12.4. The number of carbonyl (C=O) groups excluding carboxylic acids is 1. The van der Waals surface area contributed by atoms with Gasteiger partial charge in [0, 0.05) is 10.0 Å². The van der Waals surface area contributed by atoms with Crippen molar-refractivity contribution in [1.82, 2.24) is 25.5 Å². The van der Waals surface area contributed by atoms with Crippen molar-refractivity contribution >= 4 is 40.9 Å². The Bertz CT molecular complexity index is 749. The van der Waals surface area contributed by atoms with Crippen LogP contribution in [0.2, 0.25) is 10.0 Å². The van der Waals surface area contributed by atoms with Gasteiger partial charge >= 0.3 is 0 Å². The molecule has 2 aromatic rings. The van der Waals surface area contributed by atoms with Gasteiger partial charge in [-0.3, -0.25) is 4.79 Å². The fraction of sp³-hybridized carbons (Fsp3) is 0.467. The number of nitrogens with zero attached hydrogens (tertiary/aromatic N) is 4. The molecule has 2 atom stereocenters. The normalized spacial score (nSPS) is 16.7. The molecule has 1 saturated carbocycles. The van der Waals surface area contributed by atoms with Crippen LogP contribution in [0.15, 0.2) is 23.4 Å². The zero-order valence-corrected chi connectivity index (χ0v) is 15.6. The number of amides is 1. The van der Waals surface area contributed by atoms with Crippen molar-refractivity contribution in [3.63, 3.8) is 0 Å². The molecule has 1 amide bonds. The Labute approximate surface area is 154 Å². The van der Waals surface area contributed by atoms with E-state index in [2.05, 4.69) is 20.8 Å². The summed E-state index contributed by atoms with van der Waals surface area (Å²) in [5.74, 6) is -0.0936. The van der Waals surface area contributed by atoms with Crippen LogP contribution in [0.5, 0.6) is 0 Å². The number of hydrogen-bond acceptors (Lipinski definition) is 5. The molecule has 1 fully saturated rings. The molecule has 0 saturated heterocycles. The first-order valence-corrected chi connectivity index (χ1v) is 9.29. The summed E-state index contributed by atoms with van der Waals surface area (Å²) < 4.78 is 1.80. The SMILES string of the molecule is C[C@H](Sc1nnnn1C1CC1)C(=O)N[C@H](C)c1ccc(Cl)cc1Cl. The summed E-state index contributed by atoms with van der Waals surface area (Å²) in [6.07, 6.45) is 2.18. The lowest BCUT2D eigenvalue weighted by molar-refractivity contribution is -0.120. The minimum absolute atomic E-state index is 0.0936. The molecule has 1 N–H and O–H groups in total. The molecule has 0 spiro atoms. The monoisotopic (exact) mass is 385 g/mol. The van der Waals surface area contributed by atoms with E-state index in [1.807, 2.05) is 19.9 Å². The van der Waals surface area contributed by atoms with E-state index in [0.29, 0.717) is 21.2 Å². The van der Waals surface area contributed by atoms with Crippen LogP contribution in [0.25, 0.3) is 0 Å². The highest BCUT2D eigenvalue weighted by Crippen LogP contribution is 2.37. The molecule has 0 bridgehead atoms. The van der Waals surface area contributed by atoms with Crippen molar-refractivity contribution in [2.45, 2.75) is 49.2 Å². The van der Waals surface area contributed by atoms with Crippen LogP contribution >= 0.6 is 35.0 Å². The molecule has 9 heteroatoms. The predicted octanol–water partition coefficient (Wildman–Crippen LogP) is 3.67. The number of carbonyl (C=O) groups is 1. The molecule has 0 unspecified atom stereocenters. The van der Waals surface area contributed by atoms with Crippen molar-refractivity contribution in [3.05, 3.63) is 33.8 Å². The van der Waals surface area contributed by atoms with Crippen molar-refractivity contribution in [1.29, 1.82) is 0 Å². The molecule has 3 rings (SSSR count). The van der Waals surface area contributed by atoms with Gasteiger partial charge in [0.2, 0.25) is 11.1 Å². The summed E-state index contributed by atoms with van der Waals surface area (Å²) in [7, 11) is 0. The maximum Gasteiger partial charge on any atom is 0.233 e. The topological polar surface area (TPSA) is 72.7 Å². The molecule has 1 aliphatic carbocycles. The van der Waals surface area contributed by atoms with Crippen molar-refractivity contribution in [2.75, 3.05) is 0 Å². The smallest absolute Gasteiger partial charge is 0.233 e. The second-order valence-corrected chi connectivity index (χ2v) is 7.94. The first-order chi connectivity index (χ1) is 11.5. The number of hydrogen-bond donors (Lipinski definition) is 1.